The quantitative estimate of drug-likeness (QED) is 0.603. The first-order chi connectivity index (χ1) is 8.74. The number of nitrogens with zero attached hydrogens (tertiary/aromatic N) is 1. The summed E-state index contributed by atoms with van der Waals surface area (Å²) in [5.74, 6) is 0.242. The van der Waals surface area contributed by atoms with Gasteiger partial charge in [0.1, 0.15) is 17.3 Å². The minimum atomic E-state index is -0.358. The molecule has 94 valence electrons. The molecule has 0 aliphatic heterocycles. The third-order valence-electron chi connectivity index (χ3n) is 2.65. The van der Waals surface area contributed by atoms with Crippen LogP contribution in [0.3, 0.4) is 0 Å². The van der Waals surface area contributed by atoms with Crippen molar-refractivity contribution in [2.75, 3.05) is 6.61 Å². The van der Waals surface area contributed by atoms with Crippen LogP contribution in [0.5, 0.6) is 0 Å². The number of benzene rings is 1. The van der Waals surface area contributed by atoms with Crippen molar-refractivity contribution in [2.45, 2.75) is 13.3 Å². The van der Waals surface area contributed by atoms with E-state index in [9.17, 15) is 9.18 Å². The van der Waals surface area contributed by atoms with Gasteiger partial charge in [-0.3, -0.25) is 4.79 Å². The van der Waals surface area contributed by atoms with Crippen LogP contribution in [-0.2, 0) is 16.0 Å². The fourth-order valence-corrected chi connectivity index (χ4v) is 1.76. The van der Waals surface area contributed by atoms with Gasteiger partial charge in [-0.25, -0.2) is 4.39 Å². The van der Waals surface area contributed by atoms with Crippen LogP contribution in [-0.4, -0.2) is 18.2 Å². The van der Waals surface area contributed by atoms with E-state index in [4.69, 9.17) is 4.52 Å². The lowest BCUT2D eigenvalue weighted by molar-refractivity contribution is -0.128. The predicted octanol–water partition coefficient (Wildman–Crippen LogP) is 2.50. The van der Waals surface area contributed by atoms with Crippen molar-refractivity contribution in [3.05, 3.63) is 41.4 Å². The molecule has 2 rings (SSSR count). The molecule has 1 heterocycles. The molecule has 1 aromatic carbocycles. The minimum absolute atomic E-state index is 0.215. The molecular weight excluding hydrogens is 237 g/mol. The smallest absolute Gasteiger partial charge is 0.293 e. The van der Waals surface area contributed by atoms with E-state index in [1.807, 2.05) is 0 Å². The molecule has 0 spiro atoms. The summed E-state index contributed by atoms with van der Waals surface area (Å²) in [7, 11) is 0. The summed E-state index contributed by atoms with van der Waals surface area (Å²) in [4.78, 5) is 10.1. The van der Waals surface area contributed by atoms with Gasteiger partial charge in [0.25, 0.3) is 6.47 Å². The summed E-state index contributed by atoms with van der Waals surface area (Å²) in [6, 6.07) is 6.34. The Morgan fingerprint density at radius 3 is 2.94 bits per heavy atom. The molecule has 0 saturated heterocycles. The fraction of sp³-hybridized carbons (Fsp3) is 0.231. The Morgan fingerprint density at radius 1 is 1.44 bits per heavy atom. The third kappa shape index (κ3) is 2.40. The third-order valence-corrected chi connectivity index (χ3v) is 2.65. The first kappa shape index (κ1) is 12.3. The number of rotatable bonds is 5. The molecule has 0 N–H and O–H groups in total. The molecule has 2 aromatic rings. The topological polar surface area (TPSA) is 52.3 Å². The van der Waals surface area contributed by atoms with Crippen LogP contribution < -0.4 is 0 Å². The summed E-state index contributed by atoms with van der Waals surface area (Å²) in [6.07, 6.45) is 0.442. The Morgan fingerprint density at radius 2 is 2.22 bits per heavy atom. The second-order valence-corrected chi connectivity index (χ2v) is 3.76. The molecule has 5 heteroatoms. The first-order valence-electron chi connectivity index (χ1n) is 5.49. The summed E-state index contributed by atoms with van der Waals surface area (Å²) in [6.45, 7) is 2.34. The number of ether oxygens (including phenoxy) is 1. The molecule has 0 aliphatic rings. The summed E-state index contributed by atoms with van der Waals surface area (Å²) >= 11 is 0. The van der Waals surface area contributed by atoms with E-state index in [1.165, 1.54) is 6.07 Å². The molecule has 0 unspecified atom stereocenters. The van der Waals surface area contributed by atoms with Crippen molar-refractivity contribution >= 4 is 6.47 Å². The molecule has 1 aromatic heterocycles. The van der Waals surface area contributed by atoms with Crippen molar-refractivity contribution in [2.24, 2.45) is 0 Å². The standard InChI is InChI=1S/C13H12FNO3/c1-9-10(6-7-17-8-16)13(15-18-9)11-4-2-3-5-12(11)14/h2-5,8H,6-7H2,1H3. The number of hydrogen-bond donors (Lipinski definition) is 0. The van der Waals surface area contributed by atoms with Crippen LogP contribution in [0.25, 0.3) is 11.3 Å². The molecular formula is C13H12FNO3. The molecule has 0 saturated carbocycles. The Hall–Kier alpha value is -2.17. The molecule has 0 bridgehead atoms. The summed E-state index contributed by atoms with van der Waals surface area (Å²) < 4.78 is 23.4. The van der Waals surface area contributed by atoms with Crippen molar-refractivity contribution < 1.29 is 18.4 Å². The van der Waals surface area contributed by atoms with Crippen LogP contribution in [0.2, 0.25) is 0 Å². The highest BCUT2D eigenvalue weighted by molar-refractivity contribution is 5.64. The van der Waals surface area contributed by atoms with Crippen LogP contribution in [0, 0.1) is 12.7 Å². The van der Waals surface area contributed by atoms with E-state index in [0.717, 1.165) is 5.56 Å². The van der Waals surface area contributed by atoms with E-state index in [-0.39, 0.29) is 12.4 Å². The zero-order valence-corrected chi connectivity index (χ0v) is 9.85. The fourth-order valence-electron chi connectivity index (χ4n) is 1.76. The van der Waals surface area contributed by atoms with Gasteiger partial charge in [-0.15, -0.1) is 0 Å². The van der Waals surface area contributed by atoms with Gasteiger partial charge in [-0.2, -0.15) is 0 Å². The van der Waals surface area contributed by atoms with Gasteiger partial charge >= 0.3 is 0 Å². The van der Waals surface area contributed by atoms with Crippen LogP contribution in [0.4, 0.5) is 4.39 Å². The number of hydrogen-bond acceptors (Lipinski definition) is 4. The van der Waals surface area contributed by atoms with Gasteiger partial charge in [0, 0.05) is 17.5 Å². The predicted molar refractivity (Wildman–Crippen MR) is 62.4 cm³/mol. The Kier molecular flexibility index (Phi) is 3.72. The molecule has 4 nitrogen and oxygen atoms in total. The highest BCUT2D eigenvalue weighted by Crippen LogP contribution is 2.27. The van der Waals surface area contributed by atoms with Crippen molar-refractivity contribution in [3.63, 3.8) is 0 Å². The van der Waals surface area contributed by atoms with Crippen molar-refractivity contribution in [1.82, 2.24) is 5.16 Å². The number of carbonyl (C=O) groups excluding carboxylic acids is 1. The lowest BCUT2D eigenvalue weighted by Crippen LogP contribution is -1.99. The highest BCUT2D eigenvalue weighted by atomic mass is 19.1. The summed E-state index contributed by atoms with van der Waals surface area (Å²) in [5.41, 5.74) is 1.59. The van der Waals surface area contributed by atoms with Gasteiger partial charge in [0.05, 0.1) is 6.61 Å². The van der Waals surface area contributed by atoms with Crippen LogP contribution in [0.15, 0.2) is 28.8 Å². The SMILES string of the molecule is Cc1onc(-c2ccccc2F)c1CCOC=O. The molecule has 0 atom stereocenters. The molecule has 0 radical (unpaired) electrons. The van der Waals surface area contributed by atoms with Gasteiger partial charge in [0.2, 0.25) is 0 Å². The van der Waals surface area contributed by atoms with Gasteiger partial charge in [-0.1, -0.05) is 17.3 Å². The number of halogens is 1. The van der Waals surface area contributed by atoms with Gasteiger partial charge < -0.3 is 9.26 Å². The van der Waals surface area contributed by atoms with Gasteiger partial charge in [-0.05, 0) is 19.1 Å². The van der Waals surface area contributed by atoms with E-state index < -0.39 is 0 Å². The normalized spacial score (nSPS) is 10.3. The van der Waals surface area contributed by atoms with Crippen LogP contribution >= 0.6 is 0 Å². The number of carbonyl (C=O) groups is 1. The zero-order chi connectivity index (χ0) is 13.0. The van der Waals surface area contributed by atoms with Gasteiger partial charge in [0.15, 0.2) is 0 Å². The minimum Gasteiger partial charge on any atom is -0.468 e. The van der Waals surface area contributed by atoms with E-state index in [1.54, 1.807) is 25.1 Å². The maximum Gasteiger partial charge on any atom is 0.293 e. The Labute approximate surface area is 103 Å². The largest absolute Gasteiger partial charge is 0.468 e. The molecule has 0 amide bonds. The lowest BCUT2D eigenvalue weighted by atomic mass is 10.0. The highest BCUT2D eigenvalue weighted by Gasteiger charge is 2.17. The first-order valence-corrected chi connectivity index (χ1v) is 5.49. The second kappa shape index (κ2) is 5.44. The summed E-state index contributed by atoms with van der Waals surface area (Å²) in [5, 5.41) is 3.87. The zero-order valence-electron chi connectivity index (χ0n) is 9.85. The number of aromatic nitrogens is 1. The van der Waals surface area contributed by atoms with E-state index in [2.05, 4.69) is 9.89 Å². The Balaban J connectivity index is 2.34. The van der Waals surface area contributed by atoms with Crippen LogP contribution in [0.1, 0.15) is 11.3 Å². The maximum absolute atomic E-state index is 13.7. The van der Waals surface area contributed by atoms with Crippen molar-refractivity contribution in [3.8, 4) is 11.3 Å². The van der Waals surface area contributed by atoms with E-state index in [0.29, 0.717) is 29.9 Å². The molecule has 18 heavy (non-hydrogen) atoms. The second-order valence-electron chi connectivity index (χ2n) is 3.76. The number of aryl methyl sites for hydroxylation is 1. The Bertz CT molecular complexity index is 551. The van der Waals surface area contributed by atoms with Crippen molar-refractivity contribution in [1.29, 1.82) is 0 Å². The monoisotopic (exact) mass is 249 g/mol. The lowest BCUT2D eigenvalue weighted by Gasteiger charge is -2.03. The average Bonchev–Trinajstić information content (AvgIpc) is 2.72. The molecule has 0 aliphatic carbocycles. The molecule has 0 fully saturated rings. The van der Waals surface area contributed by atoms with E-state index >= 15 is 0 Å². The maximum atomic E-state index is 13.7. The average molecular weight is 249 g/mol.